The fourth-order valence-corrected chi connectivity index (χ4v) is 7.57. The van der Waals surface area contributed by atoms with Crippen LogP contribution in [0.1, 0.15) is 15.2 Å². The topological polar surface area (TPSA) is 122 Å². The van der Waals surface area contributed by atoms with E-state index in [1.807, 2.05) is 6.26 Å². The third-order valence-corrected chi connectivity index (χ3v) is 9.16. The summed E-state index contributed by atoms with van der Waals surface area (Å²) in [6, 6.07) is 14.8. The Morgan fingerprint density at radius 1 is 1.21 bits per heavy atom. The van der Waals surface area contributed by atoms with Gasteiger partial charge in [-0.3, -0.25) is 10.2 Å². The molecule has 10 heteroatoms. The van der Waals surface area contributed by atoms with Crippen molar-refractivity contribution in [2.24, 2.45) is 10.1 Å². The summed E-state index contributed by atoms with van der Waals surface area (Å²) >= 11 is 6.01. The van der Waals surface area contributed by atoms with E-state index < -0.39 is 15.6 Å². The summed E-state index contributed by atoms with van der Waals surface area (Å²) in [5.41, 5.74) is 12.1. The molecule has 0 saturated carbocycles. The molecule has 3 aromatic rings. The molecule has 29 heavy (non-hydrogen) atoms. The van der Waals surface area contributed by atoms with E-state index >= 15 is 0 Å². The number of rotatable bonds is 5. The molecule has 1 amide bonds. The molecule has 1 heterocycles. The number of carbonyl (C=O) groups excluding carboxylic acids is 1. The van der Waals surface area contributed by atoms with Gasteiger partial charge >= 0.3 is 0 Å². The van der Waals surface area contributed by atoms with Gasteiger partial charge in [-0.1, -0.05) is 28.1 Å². The quantitative estimate of drug-likeness (QED) is 0.197. The molecule has 0 spiro atoms. The van der Waals surface area contributed by atoms with E-state index in [1.54, 1.807) is 48.5 Å². The van der Waals surface area contributed by atoms with Gasteiger partial charge in [0.1, 0.15) is 15.6 Å². The summed E-state index contributed by atoms with van der Waals surface area (Å²) in [7, 11) is -3.34. The minimum absolute atomic E-state index is 0.130. The Kier molecular flexibility index (Phi) is 6.47. The third kappa shape index (κ3) is 4.55. The van der Waals surface area contributed by atoms with Crippen LogP contribution in [0.15, 0.2) is 77.4 Å². The number of halogens is 1. The molecule has 0 saturated heterocycles. The molecule has 150 valence electrons. The van der Waals surface area contributed by atoms with Gasteiger partial charge in [-0.15, -0.1) is 27.5 Å². The summed E-state index contributed by atoms with van der Waals surface area (Å²) in [6.07, 6.45) is 1.83. The summed E-state index contributed by atoms with van der Waals surface area (Å²) < 4.78 is 19.8. The minimum Gasteiger partial charge on any atom is -0.399 e. The maximum Gasteiger partial charge on any atom is 0.285 e. The molecule has 3 rings (SSSR count). The number of nitrogens with zero attached hydrogens (tertiary/aromatic N) is 1. The molecule has 6 nitrogen and oxygen atoms in total. The number of nitrogens with one attached hydrogen (secondary N) is 1. The zero-order chi connectivity index (χ0) is 21.2. The first-order valence-corrected chi connectivity index (χ1v) is 12.5. The molecule has 0 fully saturated rings. The summed E-state index contributed by atoms with van der Waals surface area (Å²) in [6.45, 7) is 0. The number of thiophene rings is 1. The van der Waals surface area contributed by atoms with Crippen LogP contribution in [0.3, 0.4) is 0 Å². The van der Waals surface area contributed by atoms with Crippen LogP contribution in [0, 0.1) is 5.41 Å². The smallest absolute Gasteiger partial charge is 0.285 e. The number of anilines is 1. The fourth-order valence-electron chi connectivity index (χ4n) is 2.53. The summed E-state index contributed by atoms with van der Waals surface area (Å²) in [5.74, 6) is -0.764. The zero-order valence-electron chi connectivity index (χ0n) is 15.2. The van der Waals surface area contributed by atoms with Crippen molar-refractivity contribution in [3.8, 4) is 0 Å². The van der Waals surface area contributed by atoms with Crippen molar-refractivity contribution in [1.82, 2.24) is 0 Å². The second-order valence-corrected chi connectivity index (χ2v) is 11.1. The van der Waals surface area contributed by atoms with E-state index in [0.717, 1.165) is 0 Å². The number of carbonyl (C=O) groups is 1. The van der Waals surface area contributed by atoms with Crippen LogP contribution in [0.5, 0.6) is 0 Å². The number of hydrogen-bond acceptors (Lipinski definition) is 6. The van der Waals surface area contributed by atoms with Crippen molar-refractivity contribution in [2.75, 3.05) is 12.0 Å². The van der Waals surface area contributed by atoms with E-state index in [0.29, 0.717) is 29.0 Å². The van der Waals surface area contributed by atoms with E-state index in [4.69, 9.17) is 16.9 Å². The molecule has 1 unspecified atom stereocenters. The predicted molar refractivity (Wildman–Crippen MR) is 124 cm³/mol. The number of thioether (sulfide) groups is 1. The first-order valence-electron chi connectivity index (χ1n) is 8.19. The molecule has 0 aliphatic heterocycles. The number of benzene rings is 2. The monoisotopic (exact) mass is 508 g/mol. The Bertz CT molecular complexity index is 1230. The number of amides is 1. The van der Waals surface area contributed by atoms with Crippen molar-refractivity contribution in [2.45, 2.75) is 14.0 Å². The minimum atomic E-state index is -3.34. The Balaban J connectivity index is 2.30. The Hall–Kier alpha value is -2.14. The Morgan fingerprint density at radius 2 is 1.93 bits per heavy atom. The van der Waals surface area contributed by atoms with Gasteiger partial charge in [0, 0.05) is 15.7 Å². The number of amidine groups is 1. The average Bonchev–Trinajstić information content (AvgIpc) is 3.13. The van der Waals surface area contributed by atoms with Crippen LogP contribution >= 0.6 is 39.0 Å². The first-order chi connectivity index (χ1) is 13.7. The van der Waals surface area contributed by atoms with Crippen LogP contribution in [-0.2, 0) is 9.73 Å². The van der Waals surface area contributed by atoms with Crippen molar-refractivity contribution in [1.29, 1.82) is 5.41 Å². The highest BCUT2D eigenvalue weighted by Gasteiger charge is 2.25. The lowest BCUT2D eigenvalue weighted by Gasteiger charge is -2.11. The molecular formula is C19H17BrN4O2S3. The molecule has 0 aliphatic rings. The lowest BCUT2D eigenvalue weighted by molar-refractivity contribution is 0.100. The van der Waals surface area contributed by atoms with Gasteiger partial charge in [0.2, 0.25) is 0 Å². The lowest BCUT2D eigenvalue weighted by atomic mass is 10.2. The van der Waals surface area contributed by atoms with Gasteiger partial charge in [-0.2, -0.15) is 0 Å². The van der Waals surface area contributed by atoms with E-state index in [-0.39, 0.29) is 11.4 Å². The number of nitrogens with two attached hydrogens (primary N) is 2. The van der Waals surface area contributed by atoms with E-state index in [9.17, 15) is 9.00 Å². The van der Waals surface area contributed by atoms with Gasteiger partial charge in [0.15, 0.2) is 0 Å². The zero-order valence-corrected chi connectivity index (χ0v) is 19.3. The van der Waals surface area contributed by atoms with Gasteiger partial charge < -0.3 is 11.5 Å². The van der Waals surface area contributed by atoms with E-state index in [1.165, 1.54) is 29.2 Å². The second kappa shape index (κ2) is 8.70. The molecular weight excluding hydrogens is 492 g/mol. The predicted octanol–water partition coefficient (Wildman–Crippen LogP) is 4.83. The van der Waals surface area contributed by atoms with Crippen LogP contribution in [0.25, 0.3) is 0 Å². The molecule has 0 radical (unpaired) electrons. The van der Waals surface area contributed by atoms with Crippen molar-refractivity contribution < 1.29 is 9.00 Å². The molecule has 5 N–H and O–H groups in total. The van der Waals surface area contributed by atoms with E-state index in [2.05, 4.69) is 20.3 Å². The maximum absolute atomic E-state index is 14.3. The largest absolute Gasteiger partial charge is 0.399 e. The number of nitrogen functional groups attached to an aromatic ring is 2. The molecule has 0 bridgehead atoms. The maximum atomic E-state index is 14.3. The van der Waals surface area contributed by atoms with Gasteiger partial charge in [-0.25, -0.2) is 4.21 Å². The van der Waals surface area contributed by atoms with Gasteiger partial charge in [0.25, 0.3) is 5.91 Å². The second-order valence-electron chi connectivity index (χ2n) is 5.89. The molecule has 0 aliphatic carbocycles. The summed E-state index contributed by atoms with van der Waals surface area (Å²) in [5, 5.41) is 7.73. The van der Waals surface area contributed by atoms with Crippen LogP contribution in [0.2, 0.25) is 0 Å². The highest BCUT2D eigenvalue weighted by molar-refractivity contribution is 9.10. The van der Waals surface area contributed by atoms with Gasteiger partial charge in [0.05, 0.1) is 18.9 Å². The van der Waals surface area contributed by atoms with Crippen LogP contribution < -0.4 is 11.5 Å². The molecule has 1 atom stereocenters. The van der Waals surface area contributed by atoms with Crippen molar-refractivity contribution >= 4 is 66.2 Å². The Labute approximate surface area is 185 Å². The fraction of sp³-hybridized carbons (Fsp3) is 0.0526. The SMILES string of the molecule is CSc1sc(C(=N)N)cc1S(=O)(=NC(=O)c1cccc(N)c1)c1cccc(Br)c1. The van der Waals surface area contributed by atoms with Crippen molar-refractivity contribution in [3.63, 3.8) is 0 Å². The van der Waals surface area contributed by atoms with Crippen molar-refractivity contribution in [3.05, 3.63) is 69.5 Å². The molecule has 1 aromatic heterocycles. The third-order valence-electron chi connectivity index (χ3n) is 3.88. The first kappa shape index (κ1) is 21.6. The highest BCUT2D eigenvalue weighted by Crippen LogP contribution is 2.38. The standard InChI is InChI=1S/C19H17BrN4O2S3/c1-27-19-16(10-15(28-19)17(22)23)29(26,14-7-3-5-12(20)9-14)24-18(25)11-4-2-6-13(21)8-11/h2-10H,21H2,1H3,(H3,22,23). The average molecular weight is 509 g/mol. The van der Waals surface area contributed by atoms with Gasteiger partial charge in [-0.05, 0) is 48.7 Å². The Morgan fingerprint density at radius 3 is 2.55 bits per heavy atom. The van der Waals surface area contributed by atoms with Crippen LogP contribution in [-0.4, -0.2) is 22.2 Å². The highest BCUT2D eigenvalue weighted by atomic mass is 79.9. The lowest BCUT2D eigenvalue weighted by Crippen LogP contribution is -2.09. The normalized spacial score (nSPS) is 12.9. The summed E-state index contributed by atoms with van der Waals surface area (Å²) in [4.78, 5) is 14.1. The van der Waals surface area contributed by atoms with Crippen LogP contribution in [0.4, 0.5) is 5.69 Å². The molecule has 2 aromatic carbocycles. The number of hydrogen-bond donors (Lipinski definition) is 3.